The van der Waals surface area contributed by atoms with Crippen LogP contribution in [0.3, 0.4) is 0 Å². The Labute approximate surface area is 105 Å². The summed E-state index contributed by atoms with van der Waals surface area (Å²) in [5.74, 6) is 0.164. The Morgan fingerprint density at radius 1 is 1.44 bits per heavy atom. The van der Waals surface area contributed by atoms with E-state index < -0.39 is 0 Å². The minimum absolute atomic E-state index is 0.0227. The number of nitrogens with zero attached hydrogens (tertiary/aromatic N) is 1. The van der Waals surface area contributed by atoms with Crippen LogP contribution >= 0.6 is 0 Å². The van der Waals surface area contributed by atoms with Crippen LogP contribution in [0.5, 0.6) is 5.75 Å². The maximum absolute atomic E-state index is 13.0. The summed E-state index contributed by atoms with van der Waals surface area (Å²) in [5.41, 5.74) is 0.506. The third-order valence-corrected chi connectivity index (χ3v) is 2.86. The third-order valence-electron chi connectivity index (χ3n) is 2.86. The van der Waals surface area contributed by atoms with Crippen molar-refractivity contribution >= 4 is 5.91 Å². The Hall–Kier alpha value is -1.62. The molecule has 1 saturated heterocycles. The molecule has 2 rings (SSSR count). The zero-order chi connectivity index (χ0) is 13.0. The fraction of sp³-hybridized carbons (Fsp3) is 0.462. The molecule has 1 aromatic carbocycles. The summed E-state index contributed by atoms with van der Waals surface area (Å²) in [5, 5.41) is 0. The number of morpholine rings is 1. The summed E-state index contributed by atoms with van der Waals surface area (Å²) in [6.45, 7) is 3.98. The van der Waals surface area contributed by atoms with Gasteiger partial charge >= 0.3 is 0 Å². The fourth-order valence-corrected chi connectivity index (χ4v) is 1.76. The number of benzene rings is 1. The molecule has 0 aliphatic carbocycles. The maximum Gasteiger partial charge on any atom is 0.260 e. The van der Waals surface area contributed by atoms with Crippen LogP contribution in [0.15, 0.2) is 18.2 Å². The molecule has 0 atom stereocenters. The fourth-order valence-electron chi connectivity index (χ4n) is 1.76. The van der Waals surface area contributed by atoms with Gasteiger partial charge in [-0.2, -0.15) is 0 Å². The lowest BCUT2D eigenvalue weighted by molar-refractivity contribution is -0.137. The molecule has 98 valence electrons. The van der Waals surface area contributed by atoms with Gasteiger partial charge in [0.25, 0.3) is 5.91 Å². The molecule has 1 amide bonds. The van der Waals surface area contributed by atoms with Crippen LogP contribution in [0.25, 0.3) is 0 Å². The van der Waals surface area contributed by atoms with Crippen LogP contribution in [0, 0.1) is 12.7 Å². The number of amides is 1. The zero-order valence-electron chi connectivity index (χ0n) is 10.3. The van der Waals surface area contributed by atoms with Gasteiger partial charge in [0.05, 0.1) is 13.2 Å². The predicted octanol–water partition coefficient (Wildman–Crippen LogP) is 1.37. The van der Waals surface area contributed by atoms with E-state index in [1.54, 1.807) is 17.9 Å². The first-order chi connectivity index (χ1) is 8.66. The number of halogens is 1. The lowest BCUT2D eigenvalue weighted by Gasteiger charge is -2.26. The van der Waals surface area contributed by atoms with Crippen molar-refractivity contribution in [1.82, 2.24) is 4.90 Å². The van der Waals surface area contributed by atoms with Crippen LogP contribution in [0.1, 0.15) is 5.56 Å². The van der Waals surface area contributed by atoms with E-state index in [1.165, 1.54) is 12.1 Å². The number of rotatable bonds is 3. The molecular weight excluding hydrogens is 237 g/mol. The first-order valence-electron chi connectivity index (χ1n) is 5.91. The summed E-state index contributed by atoms with van der Waals surface area (Å²) in [6.07, 6.45) is 0. The molecule has 0 radical (unpaired) electrons. The lowest BCUT2D eigenvalue weighted by atomic mass is 10.2. The second kappa shape index (κ2) is 5.82. The largest absolute Gasteiger partial charge is 0.484 e. The molecule has 0 aromatic heterocycles. The summed E-state index contributed by atoms with van der Waals surface area (Å²) < 4.78 is 23.6. The topological polar surface area (TPSA) is 38.8 Å². The Balaban J connectivity index is 1.86. The van der Waals surface area contributed by atoms with Gasteiger partial charge in [-0.1, -0.05) is 0 Å². The Morgan fingerprint density at radius 3 is 2.83 bits per heavy atom. The van der Waals surface area contributed by atoms with E-state index in [0.29, 0.717) is 37.6 Å². The highest BCUT2D eigenvalue weighted by Gasteiger charge is 2.17. The van der Waals surface area contributed by atoms with E-state index in [-0.39, 0.29) is 18.3 Å². The van der Waals surface area contributed by atoms with Gasteiger partial charge in [0.1, 0.15) is 11.6 Å². The first kappa shape index (κ1) is 12.8. The molecular formula is C13H16FNO3. The zero-order valence-corrected chi connectivity index (χ0v) is 10.3. The van der Waals surface area contributed by atoms with Crippen molar-refractivity contribution in [2.75, 3.05) is 32.9 Å². The highest BCUT2D eigenvalue weighted by atomic mass is 19.1. The molecule has 1 fully saturated rings. The van der Waals surface area contributed by atoms with Crippen molar-refractivity contribution in [2.45, 2.75) is 6.92 Å². The number of carbonyl (C=O) groups excluding carboxylic acids is 1. The smallest absolute Gasteiger partial charge is 0.260 e. The van der Waals surface area contributed by atoms with Gasteiger partial charge in [-0.25, -0.2) is 4.39 Å². The molecule has 1 aliphatic heterocycles. The molecule has 0 saturated carbocycles. The van der Waals surface area contributed by atoms with E-state index in [4.69, 9.17) is 9.47 Å². The maximum atomic E-state index is 13.0. The van der Waals surface area contributed by atoms with E-state index >= 15 is 0 Å². The molecule has 0 spiro atoms. The average Bonchev–Trinajstić information content (AvgIpc) is 2.41. The molecule has 0 N–H and O–H groups in total. The van der Waals surface area contributed by atoms with Crippen molar-refractivity contribution in [3.05, 3.63) is 29.6 Å². The summed E-state index contributed by atoms with van der Waals surface area (Å²) >= 11 is 0. The van der Waals surface area contributed by atoms with Crippen LogP contribution in [-0.4, -0.2) is 43.7 Å². The van der Waals surface area contributed by atoms with E-state index in [2.05, 4.69) is 0 Å². The Morgan fingerprint density at radius 2 is 2.17 bits per heavy atom. The second-order valence-electron chi connectivity index (χ2n) is 4.19. The molecule has 1 aliphatic rings. The van der Waals surface area contributed by atoms with Gasteiger partial charge in [0.15, 0.2) is 6.61 Å². The minimum atomic E-state index is -0.276. The van der Waals surface area contributed by atoms with Gasteiger partial charge in [-0.05, 0) is 30.7 Å². The second-order valence-corrected chi connectivity index (χ2v) is 4.19. The molecule has 18 heavy (non-hydrogen) atoms. The number of hydrogen-bond donors (Lipinski definition) is 0. The standard InChI is InChI=1S/C13H16FNO3/c1-10-8-11(2-3-12(10)14)18-9-13(16)15-4-6-17-7-5-15/h2-3,8H,4-7,9H2,1H3. The molecule has 1 heterocycles. The summed E-state index contributed by atoms with van der Waals surface area (Å²) in [6, 6.07) is 4.45. The highest BCUT2D eigenvalue weighted by molar-refractivity contribution is 5.77. The number of carbonyl (C=O) groups is 1. The molecule has 0 bridgehead atoms. The lowest BCUT2D eigenvalue weighted by Crippen LogP contribution is -2.42. The van der Waals surface area contributed by atoms with Gasteiger partial charge in [-0.15, -0.1) is 0 Å². The first-order valence-corrected chi connectivity index (χ1v) is 5.91. The van der Waals surface area contributed by atoms with Crippen LogP contribution in [0.2, 0.25) is 0 Å². The molecule has 1 aromatic rings. The normalized spacial score (nSPS) is 15.6. The predicted molar refractivity (Wildman–Crippen MR) is 64.0 cm³/mol. The Kier molecular flexibility index (Phi) is 4.15. The van der Waals surface area contributed by atoms with E-state index in [1.807, 2.05) is 0 Å². The number of hydrogen-bond acceptors (Lipinski definition) is 3. The van der Waals surface area contributed by atoms with Crippen molar-refractivity contribution < 1.29 is 18.7 Å². The monoisotopic (exact) mass is 253 g/mol. The van der Waals surface area contributed by atoms with Crippen molar-refractivity contribution in [1.29, 1.82) is 0 Å². The van der Waals surface area contributed by atoms with Crippen LogP contribution < -0.4 is 4.74 Å². The average molecular weight is 253 g/mol. The molecule has 4 nitrogen and oxygen atoms in total. The van der Waals surface area contributed by atoms with Crippen molar-refractivity contribution in [3.8, 4) is 5.75 Å². The quantitative estimate of drug-likeness (QED) is 0.816. The summed E-state index contributed by atoms with van der Waals surface area (Å²) in [4.78, 5) is 13.5. The highest BCUT2D eigenvalue weighted by Crippen LogP contribution is 2.16. The molecule has 0 unspecified atom stereocenters. The number of aryl methyl sites for hydroxylation is 1. The van der Waals surface area contributed by atoms with E-state index in [0.717, 1.165) is 0 Å². The van der Waals surface area contributed by atoms with Crippen LogP contribution in [-0.2, 0) is 9.53 Å². The van der Waals surface area contributed by atoms with Crippen molar-refractivity contribution in [2.24, 2.45) is 0 Å². The SMILES string of the molecule is Cc1cc(OCC(=O)N2CCOCC2)ccc1F. The van der Waals surface area contributed by atoms with Crippen molar-refractivity contribution in [3.63, 3.8) is 0 Å². The Bertz CT molecular complexity index is 430. The third kappa shape index (κ3) is 3.20. The van der Waals surface area contributed by atoms with Gasteiger partial charge in [0, 0.05) is 13.1 Å². The van der Waals surface area contributed by atoms with Gasteiger partial charge < -0.3 is 14.4 Å². The minimum Gasteiger partial charge on any atom is -0.484 e. The van der Waals surface area contributed by atoms with Gasteiger partial charge in [-0.3, -0.25) is 4.79 Å². The van der Waals surface area contributed by atoms with Crippen LogP contribution in [0.4, 0.5) is 4.39 Å². The van der Waals surface area contributed by atoms with E-state index in [9.17, 15) is 9.18 Å². The molecule has 5 heteroatoms. The summed E-state index contributed by atoms with van der Waals surface area (Å²) in [7, 11) is 0. The van der Waals surface area contributed by atoms with Gasteiger partial charge in [0.2, 0.25) is 0 Å². The number of ether oxygens (including phenoxy) is 2.